The van der Waals surface area contributed by atoms with Gasteiger partial charge in [-0.15, -0.1) is 0 Å². The van der Waals surface area contributed by atoms with Gasteiger partial charge in [-0.2, -0.15) is 0 Å². The van der Waals surface area contributed by atoms with Crippen molar-refractivity contribution in [3.63, 3.8) is 0 Å². The van der Waals surface area contributed by atoms with Crippen LogP contribution in [0.5, 0.6) is 0 Å². The van der Waals surface area contributed by atoms with Gasteiger partial charge in [0.1, 0.15) is 29.4 Å². The predicted molar refractivity (Wildman–Crippen MR) is 79.4 cm³/mol. The van der Waals surface area contributed by atoms with Crippen molar-refractivity contribution < 1.29 is 29.2 Å². The molecule has 3 N–H and O–H groups in total. The van der Waals surface area contributed by atoms with E-state index in [9.17, 15) is 15.0 Å². The van der Waals surface area contributed by atoms with Gasteiger partial charge in [0.05, 0.1) is 0 Å². The first-order valence-electron chi connectivity index (χ1n) is 6.75. The zero-order valence-electron chi connectivity index (χ0n) is 12.6. The van der Waals surface area contributed by atoms with Crippen LogP contribution in [0.15, 0.2) is 12.3 Å². The van der Waals surface area contributed by atoms with Gasteiger partial charge in [0.25, 0.3) is 0 Å². The van der Waals surface area contributed by atoms with Gasteiger partial charge in [0.2, 0.25) is 6.35 Å². The summed E-state index contributed by atoms with van der Waals surface area (Å²) in [6.45, 7) is 2.77. The van der Waals surface area contributed by atoms with Crippen LogP contribution in [-0.4, -0.2) is 70.2 Å². The van der Waals surface area contributed by atoms with Crippen LogP contribution < -0.4 is 5.32 Å². The van der Waals surface area contributed by atoms with Gasteiger partial charge in [0, 0.05) is 20.2 Å². The highest BCUT2D eigenvalue weighted by Gasteiger charge is 2.56. The Hall–Kier alpha value is -1.26. The molecule has 0 aromatic carbocycles. The van der Waals surface area contributed by atoms with E-state index >= 15 is 0 Å². The number of esters is 1. The number of hydrogen-bond acceptors (Lipinski definition) is 8. The van der Waals surface area contributed by atoms with Crippen LogP contribution in [0.4, 0.5) is 0 Å². The minimum absolute atomic E-state index is 0.0556. The molecular formula is C13H20N2O6S. The molecule has 124 valence electrons. The van der Waals surface area contributed by atoms with E-state index in [0.29, 0.717) is 4.99 Å². The molecule has 0 bridgehead atoms. The molecule has 2 unspecified atom stereocenters. The van der Waals surface area contributed by atoms with Gasteiger partial charge < -0.3 is 34.6 Å². The molecule has 0 aromatic rings. The molecule has 2 heterocycles. The lowest BCUT2D eigenvalue weighted by Crippen LogP contribution is -2.59. The van der Waals surface area contributed by atoms with E-state index in [1.165, 1.54) is 32.1 Å². The van der Waals surface area contributed by atoms with Crippen LogP contribution in [0.1, 0.15) is 13.8 Å². The van der Waals surface area contributed by atoms with Gasteiger partial charge in [-0.1, -0.05) is 12.2 Å². The van der Waals surface area contributed by atoms with Crippen molar-refractivity contribution in [2.75, 3.05) is 13.7 Å². The van der Waals surface area contributed by atoms with Crippen molar-refractivity contribution in [1.29, 1.82) is 0 Å². The van der Waals surface area contributed by atoms with Gasteiger partial charge in [-0.3, -0.25) is 4.79 Å². The third-order valence-electron chi connectivity index (χ3n) is 3.64. The van der Waals surface area contributed by atoms with Crippen molar-refractivity contribution in [2.45, 2.75) is 44.2 Å². The molecule has 0 saturated carbocycles. The molecule has 2 aliphatic heterocycles. The molecule has 0 amide bonds. The summed E-state index contributed by atoms with van der Waals surface area (Å²) in [7, 11) is 1.43. The Labute approximate surface area is 133 Å². The third-order valence-corrected chi connectivity index (χ3v) is 3.90. The number of carbonyl (C=O) groups is 1. The minimum atomic E-state index is -1.44. The molecule has 0 radical (unpaired) electrons. The molecule has 22 heavy (non-hydrogen) atoms. The highest BCUT2D eigenvalue weighted by atomic mass is 32.1. The molecule has 9 heteroatoms. The second-order valence-electron chi connectivity index (χ2n) is 5.36. The van der Waals surface area contributed by atoms with E-state index in [1.807, 2.05) is 0 Å². The molecule has 1 fully saturated rings. The van der Waals surface area contributed by atoms with Crippen molar-refractivity contribution in [1.82, 2.24) is 10.2 Å². The molecular weight excluding hydrogens is 312 g/mol. The molecule has 8 nitrogen and oxygen atoms in total. The van der Waals surface area contributed by atoms with Crippen molar-refractivity contribution in [3.8, 4) is 0 Å². The van der Waals surface area contributed by atoms with Crippen LogP contribution in [0.2, 0.25) is 0 Å². The topological polar surface area (TPSA) is 100 Å². The third kappa shape index (κ3) is 3.23. The van der Waals surface area contributed by atoms with Crippen LogP contribution in [0.25, 0.3) is 0 Å². The number of nitrogens with one attached hydrogen (secondary N) is 1. The van der Waals surface area contributed by atoms with Crippen LogP contribution in [-0.2, 0) is 19.0 Å². The maximum Gasteiger partial charge on any atom is 0.302 e. The summed E-state index contributed by atoms with van der Waals surface area (Å²) in [5.74, 6) is -0.452. The number of hydrogen-bond donors (Lipinski definition) is 3. The van der Waals surface area contributed by atoms with Crippen LogP contribution in [0, 0.1) is 0 Å². The Kier molecular flexibility index (Phi) is 5.03. The second-order valence-corrected chi connectivity index (χ2v) is 5.80. The first-order chi connectivity index (χ1) is 10.3. The van der Waals surface area contributed by atoms with Crippen LogP contribution >= 0.6 is 12.2 Å². The molecule has 1 saturated heterocycles. The SMILES string of the molecule is CO[C@H]1[C@@H](COC(C)=O)O[C@@H](N2C=CC(=S)NC2O)C1(C)O. The van der Waals surface area contributed by atoms with E-state index in [1.54, 1.807) is 6.08 Å². The number of aliphatic hydroxyl groups excluding tert-OH is 1. The summed E-state index contributed by atoms with van der Waals surface area (Å²) in [6.07, 6.45) is -0.333. The lowest BCUT2D eigenvalue weighted by molar-refractivity contribution is -0.169. The zero-order valence-corrected chi connectivity index (χ0v) is 13.4. The van der Waals surface area contributed by atoms with Crippen molar-refractivity contribution in [2.24, 2.45) is 0 Å². The fourth-order valence-corrected chi connectivity index (χ4v) is 2.84. The largest absolute Gasteiger partial charge is 0.463 e. The van der Waals surface area contributed by atoms with Gasteiger partial charge in [-0.25, -0.2) is 0 Å². The Balaban J connectivity index is 2.19. The van der Waals surface area contributed by atoms with Crippen molar-refractivity contribution >= 4 is 23.2 Å². The summed E-state index contributed by atoms with van der Waals surface area (Å²) in [5, 5.41) is 23.5. The second kappa shape index (κ2) is 6.47. The Morgan fingerprint density at radius 1 is 1.64 bits per heavy atom. The van der Waals surface area contributed by atoms with Crippen molar-refractivity contribution in [3.05, 3.63) is 12.3 Å². The standard InChI is InChI=1S/C13H20N2O6S/c1-7(16)20-6-8-10(19-3)13(2,18)11(21-8)15-5-4-9(22)14-12(15)17/h4-5,8,10-12,17-18H,6H2,1-3H3,(H,14,22)/t8-,10+,11-,12?,13?/m1/s1. The normalized spacial score (nSPS) is 38.0. The summed E-state index contributed by atoms with van der Waals surface area (Å²) in [6, 6.07) is 0. The maximum absolute atomic E-state index is 11.0. The fraction of sp³-hybridized carbons (Fsp3) is 0.692. The summed E-state index contributed by atoms with van der Waals surface area (Å²) in [5.41, 5.74) is -1.44. The molecule has 5 atom stereocenters. The molecule has 2 rings (SSSR count). The summed E-state index contributed by atoms with van der Waals surface area (Å²) < 4.78 is 16.0. The summed E-state index contributed by atoms with van der Waals surface area (Å²) in [4.78, 5) is 12.7. The number of thiocarbonyl (C=S) groups is 1. The van der Waals surface area contributed by atoms with Gasteiger partial charge in [-0.05, 0) is 13.0 Å². The van der Waals surface area contributed by atoms with E-state index < -0.39 is 36.4 Å². The van der Waals surface area contributed by atoms with Gasteiger partial charge in [0.15, 0.2) is 6.23 Å². The van der Waals surface area contributed by atoms with E-state index in [-0.39, 0.29) is 6.61 Å². The number of carbonyl (C=O) groups excluding carboxylic acids is 1. The van der Waals surface area contributed by atoms with E-state index in [2.05, 4.69) is 5.32 Å². The quantitative estimate of drug-likeness (QED) is 0.445. The molecule has 0 aromatic heterocycles. The zero-order chi connectivity index (χ0) is 16.5. The average molecular weight is 332 g/mol. The highest BCUT2D eigenvalue weighted by Crippen LogP contribution is 2.36. The number of ether oxygens (including phenoxy) is 3. The minimum Gasteiger partial charge on any atom is -0.463 e. The Bertz CT molecular complexity index is 483. The smallest absolute Gasteiger partial charge is 0.302 e. The van der Waals surface area contributed by atoms with E-state index in [4.69, 9.17) is 26.4 Å². The first kappa shape index (κ1) is 17.1. The fourth-order valence-electron chi connectivity index (χ4n) is 2.67. The maximum atomic E-state index is 11.0. The number of aliphatic hydroxyl groups is 2. The van der Waals surface area contributed by atoms with Crippen LogP contribution in [0.3, 0.4) is 0 Å². The molecule has 2 aliphatic rings. The lowest BCUT2D eigenvalue weighted by atomic mass is 9.95. The number of rotatable bonds is 4. The van der Waals surface area contributed by atoms with Gasteiger partial charge >= 0.3 is 5.97 Å². The monoisotopic (exact) mass is 332 g/mol. The average Bonchev–Trinajstić information content (AvgIpc) is 2.67. The first-order valence-corrected chi connectivity index (χ1v) is 7.16. The Morgan fingerprint density at radius 3 is 2.86 bits per heavy atom. The number of nitrogens with zero attached hydrogens (tertiary/aromatic N) is 1. The Morgan fingerprint density at radius 2 is 2.32 bits per heavy atom. The van der Waals surface area contributed by atoms with E-state index in [0.717, 1.165) is 0 Å². The molecule has 0 spiro atoms. The predicted octanol–water partition coefficient (Wildman–Crippen LogP) is -0.937. The number of methoxy groups -OCH3 is 1. The molecule has 0 aliphatic carbocycles. The lowest BCUT2D eigenvalue weighted by Gasteiger charge is -2.40. The highest BCUT2D eigenvalue weighted by molar-refractivity contribution is 7.80. The summed E-state index contributed by atoms with van der Waals surface area (Å²) >= 11 is 4.94.